The van der Waals surface area contributed by atoms with Crippen molar-refractivity contribution in [3.63, 3.8) is 0 Å². The number of carbonyl (C=O) groups excluding carboxylic acids is 1. The summed E-state index contributed by atoms with van der Waals surface area (Å²) in [5.74, 6) is 0.402. The molecule has 2 heterocycles. The average molecular weight is 305 g/mol. The van der Waals surface area contributed by atoms with Crippen LogP contribution in [0.5, 0.6) is 5.75 Å². The van der Waals surface area contributed by atoms with E-state index in [0.29, 0.717) is 10.9 Å². The van der Waals surface area contributed by atoms with Gasteiger partial charge in [-0.1, -0.05) is 29.5 Å². The molecule has 1 unspecified atom stereocenters. The predicted octanol–water partition coefficient (Wildman–Crippen LogP) is 2.41. The number of para-hydroxylation sites is 1. The molecule has 21 heavy (non-hydrogen) atoms. The largest absolute Gasteiger partial charge is 0.484 e. The van der Waals surface area contributed by atoms with E-state index in [0.717, 1.165) is 24.5 Å². The van der Waals surface area contributed by atoms with Crippen LogP contribution in [0.25, 0.3) is 0 Å². The number of hydrogen-bond donors (Lipinski definition) is 1. The van der Waals surface area contributed by atoms with Crippen LogP contribution in [0, 0.1) is 0 Å². The van der Waals surface area contributed by atoms with Gasteiger partial charge in [0.25, 0.3) is 5.91 Å². The first-order valence-electron chi connectivity index (χ1n) is 6.74. The number of hydrogen-bond acceptors (Lipinski definition) is 6. The van der Waals surface area contributed by atoms with Gasteiger partial charge in [0.15, 0.2) is 6.61 Å². The van der Waals surface area contributed by atoms with Gasteiger partial charge in [0.2, 0.25) is 5.13 Å². The fourth-order valence-corrected chi connectivity index (χ4v) is 2.85. The lowest BCUT2D eigenvalue weighted by molar-refractivity contribution is -0.118. The lowest BCUT2D eigenvalue weighted by atomic mass is 10.2. The molecule has 0 aliphatic carbocycles. The minimum atomic E-state index is -0.256. The lowest BCUT2D eigenvalue weighted by Crippen LogP contribution is -2.20. The lowest BCUT2D eigenvalue weighted by Gasteiger charge is -2.05. The average Bonchev–Trinajstić information content (AvgIpc) is 3.17. The zero-order valence-corrected chi connectivity index (χ0v) is 12.1. The summed E-state index contributed by atoms with van der Waals surface area (Å²) < 4.78 is 10.9. The van der Waals surface area contributed by atoms with E-state index in [4.69, 9.17) is 9.47 Å². The van der Waals surface area contributed by atoms with Crippen molar-refractivity contribution in [1.82, 2.24) is 10.2 Å². The maximum Gasteiger partial charge on any atom is 0.264 e. The van der Waals surface area contributed by atoms with Crippen molar-refractivity contribution < 1.29 is 14.3 Å². The van der Waals surface area contributed by atoms with Crippen molar-refractivity contribution in [2.24, 2.45) is 0 Å². The molecule has 1 aromatic carbocycles. The predicted molar refractivity (Wildman–Crippen MR) is 78.4 cm³/mol. The first kappa shape index (κ1) is 14.0. The Bertz CT molecular complexity index is 597. The normalized spacial score (nSPS) is 17.6. The second-order valence-corrected chi connectivity index (χ2v) is 5.61. The molecule has 1 amide bonds. The van der Waals surface area contributed by atoms with Crippen molar-refractivity contribution in [3.8, 4) is 5.75 Å². The van der Waals surface area contributed by atoms with E-state index < -0.39 is 0 Å². The van der Waals surface area contributed by atoms with Gasteiger partial charge >= 0.3 is 0 Å². The summed E-state index contributed by atoms with van der Waals surface area (Å²) >= 11 is 1.35. The summed E-state index contributed by atoms with van der Waals surface area (Å²) in [6.45, 7) is 0.704. The Labute approximate surface area is 126 Å². The number of amides is 1. The molecule has 6 nitrogen and oxygen atoms in total. The highest BCUT2D eigenvalue weighted by molar-refractivity contribution is 7.15. The highest BCUT2D eigenvalue weighted by Crippen LogP contribution is 2.31. The van der Waals surface area contributed by atoms with Crippen molar-refractivity contribution >= 4 is 22.4 Å². The molecule has 1 N–H and O–H groups in total. The standard InChI is InChI=1S/C14H15N3O3S/c18-12(9-20-10-5-2-1-3-6-10)15-14-17-16-13(21-14)11-7-4-8-19-11/h1-3,5-6,11H,4,7-9H2,(H,15,17,18). The van der Waals surface area contributed by atoms with Crippen LogP contribution in [0.15, 0.2) is 30.3 Å². The Balaban J connectivity index is 1.50. The van der Waals surface area contributed by atoms with Gasteiger partial charge in [-0.25, -0.2) is 0 Å². The summed E-state index contributed by atoms with van der Waals surface area (Å²) in [5, 5.41) is 12.0. The van der Waals surface area contributed by atoms with Gasteiger partial charge in [0.1, 0.15) is 16.9 Å². The number of anilines is 1. The third kappa shape index (κ3) is 3.77. The molecule has 7 heteroatoms. The van der Waals surface area contributed by atoms with Gasteiger partial charge in [-0.05, 0) is 25.0 Å². The summed E-state index contributed by atoms with van der Waals surface area (Å²) in [6.07, 6.45) is 2.02. The van der Waals surface area contributed by atoms with Gasteiger partial charge in [0, 0.05) is 6.61 Å². The Hall–Kier alpha value is -1.99. The maximum atomic E-state index is 11.8. The van der Waals surface area contributed by atoms with Gasteiger partial charge < -0.3 is 9.47 Å². The van der Waals surface area contributed by atoms with Crippen LogP contribution < -0.4 is 10.1 Å². The van der Waals surface area contributed by atoms with Crippen LogP contribution in [-0.2, 0) is 9.53 Å². The minimum absolute atomic E-state index is 0.0220. The Morgan fingerprint density at radius 2 is 2.24 bits per heavy atom. The molecule has 1 aromatic heterocycles. The molecule has 3 rings (SSSR count). The van der Waals surface area contributed by atoms with E-state index >= 15 is 0 Å². The molecule has 0 spiro atoms. The third-order valence-corrected chi connectivity index (χ3v) is 3.94. The van der Waals surface area contributed by atoms with Gasteiger partial charge in [-0.3, -0.25) is 10.1 Å². The van der Waals surface area contributed by atoms with Crippen molar-refractivity contribution in [2.75, 3.05) is 18.5 Å². The second-order valence-electron chi connectivity index (χ2n) is 4.60. The van der Waals surface area contributed by atoms with E-state index in [1.54, 1.807) is 12.1 Å². The zero-order valence-electron chi connectivity index (χ0n) is 11.3. The van der Waals surface area contributed by atoms with Crippen molar-refractivity contribution in [1.29, 1.82) is 0 Å². The van der Waals surface area contributed by atoms with Crippen LogP contribution in [0.4, 0.5) is 5.13 Å². The Morgan fingerprint density at radius 1 is 1.38 bits per heavy atom. The van der Waals surface area contributed by atoms with Crippen LogP contribution in [0.3, 0.4) is 0 Å². The van der Waals surface area contributed by atoms with Gasteiger partial charge in [-0.15, -0.1) is 10.2 Å². The number of rotatable bonds is 5. The van der Waals surface area contributed by atoms with Crippen molar-refractivity contribution in [2.45, 2.75) is 18.9 Å². The van der Waals surface area contributed by atoms with Crippen molar-refractivity contribution in [3.05, 3.63) is 35.3 Å². The molecular weight excluding hydrogens is 290 g/mol. The maximum absolute atomic E-state index is 11.8. The first-order valence-corrected chi connectivity index (χ1v) is 7.55. The third-order valence-electron chi connectivity index (χ3n) is 3.01. The summed E-state index contributed by atoms with van der Waals surface area (Å²) in [7, 11) is 0. The van der Waals surface area contributed by atoms with Crippen LogP contribution >= 0.6 is 11.3 Å². The van der Waals surface area contributed by atoms with Crippen LogP contribution in [-0.4, -0.2) is 29.3 Å². The number of benzene rings is 1. The molecule has 1 aliphatic rings. The monoisotopic (exact) mass is 305 g/mol. The number of aromatic nitrogens is 2. The highest BCUT2D eigenvalue weighted by atomic mass is 32.1. The molecule has 1 fully saturated rings. The molecule has 0 saturated carbocycles. The zero-order chi connectivity index (χ0) is 14.5. The quantitative estimate of drug-likeness (QED) is 0.918. The summed E-state index contributed by atoms with van der Waals surface area (Å²) in [6, 6.07) is 9.19. The van der Waals surface area contributed by atoms with E-state index in [2.05, 4.69) is 15.5 Å². The molecule has 0 radical (unpaired) electrons. The Morgan fingerprint density at radius 3 is 3.00 bits per heavy atom. The number of nitrogens with one attached hydrogen (secondary N) is 1. The second kappa shape index (κ2) is 6.64. The Kier molecular flexibility index (Phi) is 4.42. The fourth-order valence-electron chi connectivity index (χ4n) is 2.01. The molecule has 1 aliphatic heterocycles. The van der Waals surface area contributed by atoms with Crippen LogP contribution in [0.2, 0.25) is 0 Å². The minimum Gasteiger partial charge on any atom is -0.484 e. The smallest absolute Gasteiger partial charge is 0.264 e. The molecule has 2 aromatic rings. The number of ether oxygens (including phenoxy) is 2. The summed E-state index contributed by atoms with van der Waals surface area (Å²) in [4.78, 5) is 11.8. The van der Waals surface area contributed by atoms with E-state index in [1.807, 2.05) is 18.2 Å². The van der Waals surface area contributed by atoms with E-state index in [9.17, 15) is 4.79 Å². The fraction of sp³-hybridized carbons (Fsp3) is 0.357. The van der Waals surface area contributed by atoms with Crippen LogP contribution in [0.1, 0.15) is 24.0 Å². The van der Waals surface area contributed by atoms with Gasteiger partial charge in [-0.2, -0.15) is 0 Å². The molecule has 110 valence electrons. The molecule has 0 bridgehead atoms. The number of carbonyl (C=O) groups is 1. The van der Waals surface area contributed by atoms with Gasteiger partial charge in [0.05, 0.1) is 0 Å². The molecular formula is C14H15N3O3S. The van der Waals surface area contributed by atoms with E-state index in [1.165, 1.54) is 11.3 Å². The first-order chi connectivity index (χ1) is 10.3. The topological polar surface area (TPSA) is 73.3 Å². The summed E-state index contributed by atoms with van der Waals surface area (Å²) in [5.41, 5.74) is 0. The molecule has 1 saturated heterocycles. The number of nitrogens with zero attached hydrogens (tertiary/aromatic N) is 2. The highest BCUT2D eigenvalue weighted by Gasteiger charge is 2.22. The van der Waals surface area contributed by atoms with E-state index in [-0.39, 0.29) is 18.6 Å². The molecule has 1 atom stereocenters. The SMILES string of the molecule is O=C(COc1ccccc1)Nc1nnc(C2CCCO2)s1.